The van der Waals surface area contributed by atoms with Crippen molar-refractivity contribution in [2.24, 2.45) is 0 Å². The lowest BCUT2D eigenvalue weighted by Gasteiger charge is -2.27. The molecule has 0 aliphatic carbocycles. The van der Waals surface area contributed by atoms with Crippen molar-refractivity contribution in [2.75, 3.05) is 5.75 Å². The van der Waals surface area contributed by atoms with Gasteiger partial charge in [-0.25, -0.2) is 17.6 Å². The zero-order chi connectivity index (χ0) is 18.5. The second-order valence-corrected chi connectivity index (χ2v) is 6.61. The fourth-order valence-corrected chi connectivity index (χ4v) is 3.16. The van der Waals surface area contributed by atoms with E-state index in [2.05, 4.69) is 0 Å². The number of rotatable bonds is 9. The first kappa shape index (κ1) is 22.6. The lowest BCUT2D eigenvalue weighted by atomic mass is 10.0. The first-order chi connectivity index (χ1) is 10.1. The number of hydrogen-bond donors (Lipinski definition) is 0. The Balaban J connectivity index is 4.94. The van der Waals surface area contributed by atoms with E-state index in [1.807, 2.05) is 0 Å². The number of alkyl halides is 10. The molecule has 0 saturated heterocycles. The molecular weight excluding hydrogens is 366 g/mol. The van der Waals surface area contributed by atoms with Crippen LogP contribution in [-0.4, -0.2) is 35.2 Å². The number of thioether (sulfide) groups is 1. The van der Waals surface area contributed by atoms with Crippen molar-refractivity contribution in [3.05, 3.63) is 0 Å². The van der Waals surface area contributed by atoms with Crippen LogP contribution in [0.5, 0.6) is 0 Å². The van der Waals surface area contributed by atoms with Gasteiger partial charge in [0.05, 0.1) is 0 Å². The molecule has 0 aliphatic heterocycles. The maximum Gasteiger partial charge on any atom is 0.394 e. The fourth-order valence-electron chi connectivity index (χ4n) is 1.87. The van der Waals surface area contributed by atoms with Crippen LogP contribution >= 0.6 is 11.8 Å². The second kappa shape index (κ2) is 8.15. The van der Waals surface area contributed by atoms with Crippen LogP contribution in [0.25, 0.3) is 0 Å². The third kappa shape index (κ3) is 12.7. The number of hydrogen-bond acceptors (Lipinski definition) is 1. The average molecular weight is 382 g/mol. The minimum atomic E-state index is -5.20. The van der Waals surface area contributed by atoms with Crippen LogP contribution in [0.1, 0.15) is 39.0 Å². The highest BCUT2D eigenvalue weighted by Gasteiger charge is 2.48. The summed E-state index contributed by atoms with van der Waals surface area (Å²) in [5.41, 5.74) is 0. The lowest BCUT2D eigenvalue weighted by Crippen LogP contribution is -2.34. The third-order valence-corrected chi connectivity index (χ3v) is 3.98. The van der Waals surface area contributed by atoms with Gasteiger partial charge in [-0.05, 0) is 12.2 Å². The maximum atomic E-state index is 13.3. The van der Waals surface area contributed by atoms with Gasteiger partial charge in [-0.15, -0.1) is 0 Å². The molecule has 0 spiro atoms. The van der Waals surface area contributed by atoms with Gasteiger partial charge in [-0.2, -0.15) is 38.1 Å². The topological polar surface area (TPSA) is 0 Å². The summed E-state index contributed by atoms with van der Waals surface area (Å²) in [5, 5.41) is -1.70. The molecule has 140 valence electrons. The Morgan fingerprint density at radius 2 is 1.04 bits per heavy atom. The van der Waals surface area contributed by atoms with Gasteiger partial charge in [-0.3, -0.25) is 0 Å². The van der Waals surface area contributed by atoms with Gasteiger partial charge in [0.2, 0.25) is 0 Å². The molecule has 0 aromatic rings. The first-order valence-electron chi connectivity index (χ1n) is 6.56. The summed E-state index contributed by atoms with van der Waals surface area (Å²) in [5.74, 6) is -8.54. The summed E-state index contributed by atoms with van der Waals surface area (Å²) in [7, 11) is 0. The Hall–Kier alpha value is -0.350. The molecule has 0 nitrogen and oxygen atoms in total. The monoisotopic (exact) mass is 382 g/mol. The standard InChI is InChI=1S/C12H16F10S/c1-2-3-23-8(4-9(13,14)6-11(17,18)19)5-10(15,16)7-12(20,21)22/h8H,2-7H2,1H3. The van der Waals surface area contributed by atoms with Gasteiger partial charge in [0, 0.05) is 18.1 Å². The second-order valence-electron chi connectivity index (χ2n) is 5.20. The molecule has 0 fully saturated rings. The predicted octanol–water partition coefficient (Wildman–Crippen LogP) is 6.45. The largest absolute Gasteiger partial charge is 0.394 e. The fraction of sp³-hybridized carbons (Fsp3) is 1.00. The predicted molar refractivity (Wildman–Crippen MR) is 67.0 cm³/mol. The van der Waals surface area contributed by atoms with E-state index < -0.39 is 55.1 Å². The highest BCUT2D eigenvalue weighted by atomic mass is 32.2. The van der Waals surface area contributed by atoms with Gasteiger partial charge >= 0.3 is 12.4 Å². The molecule has 11 heteroatoms. The molecule has 0 rings (SSSR count). The van der Waals surface area contributed by atoms with E-state index in [1.54, 1.807) is 6.92 Å². The maximum absolute atomic E-state index is 13.3. The Labute approximate surface area is 131 Å². The molecule has 23 heavy (non-hydrogen) atoms. The molecule has 0 heterocycles. The average Bonchev–Trinajstić information content (AvgIpc) is 2.17. The summed E-state index contributed by atoms with van der Waals surface area (Å²) in [6, 6.07) is 0. The van der Waals surface area contributed by atoms with Crippen LogP contribution in [0.4, 0.5) is 43.9 Å². The summed E-state index contributed by atoms with van der Waals surface area (Å²) in [4.78, 5) is 0. The normalized spacial score (nSPS) is 14.6. The highest BCUT2D eigenvalue weighted by Crippen LogP contribution is 2.42. The van der Waals surface area contributed by atoms with E-state index in [9.17, 15) is 43.9 Å². The van der Waals surface area contributed by atoms with Gasteiger partial charge in [0.25, 0.3) is 11.8 Å². The minimum absolute atomic E-state index is 0.0782. The van der Waals surface area contributed by atoms with Gasteiger partial charge in [0.15, 0.2) is 0 Å². The molecule has 0 amide bonds. The zero-order valence-corrected chi connectivity index (χ0v) is 12.8. The Morgan fingerprint density at radius 3 is 1.30 bits per heavy atom. The van der Waals surface area contributed by atoms with Crippen LogP contribution in [0, 0.1) is 0 Å². The van der Waals surface area contributed by atoms with E-state index >= 15 is 0 Å². The Kier molecular flexibility index (Phi) is 8.03. The molecule has 0 aromatic heterocycles. The summed E-state index contributed by atoms with van der Waals surface area (Å²) in [6.07, 6.45) is -18.1. The van der Waals surface area contributed by atoms with Crippen molar-refractivity contribution in [3.63, 3.8) is 0 Å². The smallest absolute Gasteiger partial charge is 0.206 e. The van der Waals surface area contributed by atoms with Gasteiger partial charge in [0.1, 0.15) is 12.8 Å². The van der Waals surface area contributed by atoms with Crippen molar-refractivity contribution in [1.82, 2.24) is 0 Å². The molecule has 0 aromatic carbocycles. The summed E-state index contributed by atoms with van der Waals surface area (Å²) < 4.78 is 125. The lowest BCUT2D eigenvalue weighted by molar-refractivity contribution is -0.194. The van der Waals surface area contributed by atoms with Gasteiger partial charge < -0.3 is 0 Å². The van der Waals surface area contributed by atoms with Crippen molar-refractivity contribution in [2.45, 2.75) is 68.5 Å². The highest BCUT2D eigenvalue weighted by molar-refractivity contribution is 7.99. The molecule has 0 bridgehead atoms. The van der Waals surface area contributed by atoms with E-state index in [-0.39, 0.29) is 5.75 Å². The van der Waals surface area contributed by atoms with Crippen LogP contribution in [-0.2, 0) is 0 Å². The zero-order valence-electron chi connectivity index (χ0n) is 12.0. The number of halogens is 10. The third-order valence-electron chi connectivity index (χ3n) is 2.53. The van der Waals surface area contributed by atoms with Crippen molar-refractivity contribution in [1.29, 1.82) is 0 Å². The quantitative estimate of drug-likeness (QED) is 0.413. The molecule has 0 N–H and O–H groups in total. The minimum Gasteiger partial charge on any atom is -0.206 e. The van der Waals surface area contributed by atoms with E-state index in [4.69, 9.17) is 0 Å². The first-order valence-corrected chi connectivity index (χ1v) is 7.61. The van der Waals surface area contributed by atoms with E-state index in [0.29, 0.717) is 18.2 Å². The molecule has 0 unspecified atom stereocenters. The van der Waals surface area contributed by atoms with Gasteiger partial charge in [-0.1, -0.05) is 6.92 Å². The van der Waals surface area contributed by atoms with E-state index in [0.717, 1.165) is 0 Å². The molecule has 0 aliphatic rings. The SMILES string of the molecule is CCCSC(CC(F)(F)CC(F)(F)F)CC(F)(F)CC(F)(F)F. The Bertz CT molecular complexity index is 317. The van der Waals surface area contributed by atoms with Crippen LogP contribution < -0.4 is 0 Å². The van der Waals surface area contributed by atoms with Crippen LogP contribution in [0.3, 0.4) is 0 Å². The Morgan fingerprint density at radius 1 is 0.696 bits per heavy atom. The van der Waals surface area contributed by atoms with Crippen LogP contribution in [0.15, 0.2) is 0 Å². The van der Waals surface area contributed by atoms with Crippen molar-refractivity contribution >= 4 is 11.8 Å². The summed E-state index contributed by atoms with van der Waals surface area (Å²) in [6.45, 7) is 1.58. The van der Waals surface area contributed by atoms with Crippen LogP contribution in [0.2, 0.25) is 0 Å². The molecular formula is C12H16F10S. The van der Waals surface area contributed by atoms with E-state index in [1.165, 1.54) is 0 Å². The van der Waals surface area contributed by atoms with Crippen molar-refractivity contribution in [3.8, 4) is 0 Å². The van der Waals surface area contributed by atoms with Crippen molar-refractivity contribution < 1.29 is 43.9 Å². The summed E-state index contributed by atoms with van der Waals surface area (Å²) >= 11 is 0.533. The molecule has 0 radical (unpaired) electrons. The molecule has 0 saturated carbocycles. The molecule has 0 atom stereocenters.